The zero-order valence-corrected chi connectivity index (χ0v) is 9.02. The van der Waals surface area contributed by atoms with Crippen LogP contribution in [0.5, 0.6) is 0 Å². The minimum absolute atomic E-state index is 0.140. The smallest absolute Gasteiger partial charge is 0.306 e. The molecule has 4 unspecified atom stereocenters. The molecule has 0 fully saturated rings. The van der Waals surface area contributed by atoms with Crippen LogP contribution in [0.4, 0.5) is 0 Å². The van der Waals surface area contributed by atoms with Gasteiger partial charge in [0.2, 0.25) is 0 Å². The lowest BCUT2D eigenvalue weighted by atomic mass is 9.78. The number of hydrogen-bond donors (Lipinski definition) is 2. The van der Waals surface area contributed by atoms with Gasteiger partial charge >= 0.3 is 11.9 Å². The van der Waals surface area contributed by atoms with Crippen molar-refractivity contribution in [2.45, 2.75) is 27.7 Å². The lowest BCUT2D eigenvalue weighted by Gasteiger charge is -2.26. The largest absolute Gasteiger partial charge is 0.481 e. The number of carbonyl (C=O) groups is 2. The van der Waals surface area contributed by atoms with E-state index < -0.39 is 23.8 Å². The molecule has 14 heavy (non-hydrogen) atoms. The van der Waals surface area contributed by atoms with Crippen LogP contribution in [0.3, 0.4) is 0 Å². The van der Waals surface area contributed by atoms with Crippen LogP contribution in [-0.2, 0) is 9.59 Å². The first kappa shape index (κ1) is 12.9. The number of carboxylic acid groups (broad SMARTS) is 2. The molecule has 0 spiro atoms. The van der Waals surface area contributed by atoms with Gasteiger partial charge in [0.1, 0.15) is 0 Å². The molecule has 0 saturated carbocycles. The third kappa shape index (κ3) is 3.01. The minimum Gasteiger partial charge on any atom is -0.481 e. The quantitative estimate of drug-likeness (QED) is 0.711. The highest BCUT2D eigenvalue weighted by molar-refractivity contribution is 5.71. The van der Waals surface area contributed by atoms with Crippen molar-refractivity contribution >= 4 is 11.9 Å². The molecule has 0 aliphatic carbocycles. The van der Waals surface area contributed by atoms with Crippen LogP contribution in [0.2, 0.25) is 0 Å². The van der Waals surface area contributed by atoms with Gasteiger partial charge in [-0.15, -0.1) is 0 Å². The maximum atomic E-state index is 10.7. The molecule has 0 aliphatic heterocycles. The molecular formula is C10H18O4. The summed E-state index contributed by atoms with van der Waals surface area (Å²) in [4.78, 5) is 21.4. The molecule has 0 aromatic rings. The predicted molar refractivity (Wildman–Crippen MR) is 51.9 cm³/mol. The third-order valence-corrected chi connectivity index (χ3v) is 3.19. The first-order valence-corrected chi connectivity index (χ1v) is 4.74. The number of rotatable bonds is 5. The van der Waals surface area contributed by atoms with E-state index in [9.17, 15) is 9.59 Å². The van der Waals surface area contributed by atoms with Crippen molar-refractivity contribution in [1.82, 2.24) is 0 Å². The topological polar surface area (TPSA) is 74.6 Å². The van der Waals surface area contributed by atoms with Gasteiger partial charge in [-0.3, -0.25) is 9.59 Å². The van der Waals surface area contributed by atoms with Crippen LogP contribution >= 0.6 is 0 Å². The summed E-state index contributed by atoms with van der Waals surface area (Å²) < 4.78 is 0. The standard InChI is InChI=1S/C10H18O4/c1-5(7(3)9(11)12)6(2)8(4)10(13)14/h5-8H,1-4H3,(H,11,12)(H,13,14). The Hall–Kier alpha value is -1.06. The summed E-state index contributed by atoms with van der Waals surface area (Å²) >= 11 is 0. The fourth-order valence-corrected chi connectivity index (χ4v) is 1.36. The van der Waals surface area contributed by atoms with Crippen LogP contribution in [0.15, 0.2) is 0 Å². The van der Waals surface area contributed by atoms with Gasteiger partial charge in [-0.25, -0.2) is 0 Å². The maximum Gasteiger partial charge on any atom is 0.306 e. The fraction of sp³-hybridized carbons (Fsp3) is 0.800. The van der Waals surface area contributed by atoms with Crippen molar-refractivity contribution in [3.63, 3.8) is 0 Å². The summed E-state index contributed by atoms with van der Waals surface area (Å²) in [5.41, 5.74) is 0. The normalized spacial score (nSPS) is 19.4. The van der Waals surface area contributed by atoms with E-state index >= 15 is 0 Å². The Bertz CT molecular complexity index is 200. The Morgan fingerprint density at radius 3 is 1.14 bits per heavy atom. The van der Waals surface area contributed by atoms with Gasteiger partial charge in [0.25, 0.3) is 0 Å². The van der Waals surface area contributed by atoms with Gasteiger partial charge in [0.05, 0.1) is 11.8 Å². The van der Waals surface area contributed by atoms with Crippen molar-refractivity contribution in [3.8, 4) is 0 Å². The van der Waals surface area contributed by atoms with Gasteiger partial charge in [-0.05, 0) is 11.8 Å². The Morgan fingerprint density at radius 2 is 1.00 bits per heavy atom. The van der Waals surface area contributed by atoms with Gasteiger partial charge in [-0.2, -0.15) is 0 Å². The van der Waals surface area contributed by atoms with E-state index in [1.54, 1.807) is 27.7 Å². The molecule has 0 aliphatic rings. The molecule has 2 N–H and O–H groups in total. The van der Waals surface area contributed by atoms with Crippen molar-refractivity contribution in [2.24, 2.45) is 23.7 Å². The summed E-state index contributed by atoms with van der Waals surface area (Å²) in [6.45, 7) is 6.78. The minimum atomic E-state index is -0.873. The third-order valence-electron chi connectivity index (χ3n) is 3.19. The van der Waals surface area contributed by atoms with Crippen LogP contribution in [0, 0.1) is 23.7 Å². The van der Waals surface area contributed by atoms with E-state index in [-0.39, 0.29) is 11.8 Å². The molecular weight excluding hydrogens is 184 g/mol. The molecule has 0 saturated heterocycles. The molecule has 4 nitrogen and oxygen atoms in total. The molecule has 0 aromatic heterocycles. The molecule has 4 atom stereocenters. The highest BCUT2D eigenvalue weighted by Gasteiger charge is 2.30. The Balaban J connectivity index is 4.45. The lowest BCUT2D eigenvalue weighted by molar-refractivity contribution is -0.148. The zero-order valence-electron chi connectivity index (χ0n) is 9.02. The molecule has 0 amide bonds. The van der Waals surface area contributed by atoms with Crippen LogP contribution in [0.25, 0.3) is 0 Å². The first-order valence-electron chi connectivity index (χ1n) is 4.74. The first-order chi connectivity index (χ1) is 6.29. The number of aliphatic carboxylic acids is 2. The Morgan fingerprint density at radius 1 is 0.786 bits per heavy atom. The summed E-state index contributed by atoms with van der Waals surface area (Å²) in [5, 5.41) is 17.5. The second kappa shape index (κ2) is 4.98. The molecule has 0 radical (unpaired) electrons. The molecule has 0 bridgehead atoms. The van der Waals surface area contributed by atoms with E-state index in [1.165, 1.54) is 0 Å². The summed E-state index contributed by atoms with van der Waals surface area (Å²) in [5.74, 6) is -3.04. The van der Waals surface area contributed by atoms with Gasteiger partial charge in [0, 0.05) is 0 Å². The van der Waals surface area contributed by atoms with E-state index in [1.807, 2.05) is 0 Å². The molecule has 82 valence electrons. The summed E-state index contributed by atoms with van der Waals surface area (Å²) in [6, 6.07) is 0. The Kier molecular flexibility index (Phi) is 4.60. The van der Waals surface area contributed by atoms with Crippen molar-refractivity contribution in [3.05, 3.63) is 0 Å². The number of carboxylic acids is 2. The van der Waals surface area contributed by atoms with Gasteiger partial charge in [-0.1, -0.05) is 27.7 Å². The molecule has 0 aromatic carbocycles. The van der Waals surface area contributed by atoms with E-state index in [2.05, 4.69) is 0 Å². The maximum absolute atomic E-state index is 10.7. The van der Waals surface area contributed by atoms with Crippen molar-refractivity contribution in [2.75, 3.05) is 0 Å². The lowest BCUT2D eigenvalue weighted by Crippen LogP contribution is -2.30. The second-order valence-corrected chi connectivity index (χ2v) is 3.97. The average molecular weight is 202 g/mol. The highest BCUT2D eigenvalue weighted by atomic mass is 16.4. The van der Waals surface area contributed by atoms with Crippen molar-refractivity contribution < 1.29 is 19.8 Å². The summed E-state index contributed by atoms with van der Waals surface area (Å²) in [6.07, 6.45) is 0. The monoisotopic (exact) mass is 202 g/mol. The SMILES string of the molecule is CC(C(=O)O)C(C)C(C)C(C)C(=O)O. The van der Waals surface area contributed by atoms with E-state index in [4.69, 9.17) is 10.2 Å². The van der Waals surface area contributed by atoms with Gasteiger partial charge in [0.15, 0.2) is 0 Å². The van der Waals surface area contributed by atoms with Crippen LogP contribution < -0.4 is 0 Å². The summed E-state index contributed by atoms with van der Waals surface area (Å²) in [7, 11) is 0. The predicted octanol–water partition coefficient (Wildman–Crippen LogP) is 1.70. The average Bonchev–Trinajstić information content (AvgIpc) is 2.12. The highest BCUT2D eigenvalue weighted by Crippen LogP contribution is 2.27. The molecule has 4 heteroatoms. The van der Waals surface area contributed by atoms with Crippen molar-refractivity contribution in [1.29, 1.82) is 0 Å². The van der Waals surface area contributed by atoms with Crippen LogP contribution in [0.1, 0.15) is 27.7 Å². The zero-order chi connectivity index (χ0) is 11.5. The van der Waals surface area contributed by atoms with Gasteiger partial charge < -0.3 is 10.2 Å². The molecule has 0 heterocycles. The van der Waals surface area contributed by atoms with E-state index in [0.29, 0.717) is 0 Å². The Labute approximate surface area is 83.9 Å². The number of hydrogen-bond acceptors (Lipinski definition) is 2. The van der Waals surface area contributed by atoms with E-state index in [0.717, 1.165) is 0 Å². The molecule has 0 rings (SSSR count). The fourth-order valence-electron chi connectivity index (χ4n) is 1.36. The van der Waals surface area contributed by atoms with Crippen LogP contribution in [-0.4, -0.2) is 22.2 Å². The second-order valence-electron chi connectivity index (χ2n) is 3.97.